The summed E-state index contributed by atoms with van der Waals surface area (Å²) in [4.78, 5) is 2.25. The summed E-state index contributed by atoms with van der Waals surface area (Å²) in [5.41, 5.74) is 10.5. The molecule has 1 unspecified atom stereocenters. The van der Waals surface area contributed by atoms with Crippen molar-refractivity contribution in [2.24, 2.45) is 11.7 Å². The lowest BCUT2D eigenvalue weighted by Gasteiger charge is -2.30. The topological polar surface area (TPSA) is 38.5 Å². The van der Waals surface area contributed by atoms with Crippen molar-refractivity contribution in [2.75, 3.05) is 6.54 Å². The van der Waals surface area contributed by atoms with Gasteiger partial charge in [-0.15, -0.1) is 6.42 Å². The zero-order valence-corrected chi connectivity index (χ0v) is 14.3. The molecular weight excluding hydrogens is 334 g/mol. The molecule has 2 N–H and O–H groups in total. The van der Waals surface area contributed by atoms with Gasteiger partial charge in [0.05, 0.1) is 17.3 Å². The van der Waals surface area contributed by atoms with E-state index >= 15 is 0 Å². The van der Waals surface area contributed by atoms with Gasteiger partial charge in [0.2, 0.25) is 0 Å². The molecule has 1 aliphatic heterocycles. The Morgan fingerprint density at radius 3 is 2.69 bits per heavy atom. The highest BCUT2D eigenvalue weighted by molar-refractivity contribution is 5.63. The second kappa shape index (κ2) is 6.53. The SMILES string of the molecule is C#CC1=C2C=CC(OC(F)F)=CC2N(CC2CC2)C1=C1C=CC(N)=CC1. The van der Waals surface area contributed by atoms with E-state index in [1.807, 2.05) is 24.3 Å². The quantitative estimate of drug-likeness (QED) is 0.782. The van der Waals surface area contributed by atoms with Crippen molar-refractivity contribution in [1.82, 2.24) is 4.90 Å². The van der Waals surface area contributed by atoms with Gasteiger partial charge in [0.15, 0.2) is 0 Å². The van der Waals surface area contributed by atoms with Crippen LogP contribution in [0, 0.1) is 18.3 Å². The third kappa shape index (κ3) is 3.08. The molecule has 134 valence electrons. The molecule has 1 heterocycles. The number of halogens is 2. The van der Waals surface area contributed by atoms with Crippen molar-refractivity contribution in [3.63, 3.8) is 0 Å². The molecule has 26 heavy (non-hydrogen) atoms. The molecule has 1 saturated carbocycles. The number of allylic oxidation sites excluding steroid dienone is 6. The number of rotatable bonds is 4. The van der Waals surface area contributed by atoms with E-state index in [1.54, 1.807) is 12.2 Å². The Bertz CT molecular complexity index is 848. The highest BCUT2D eigenvalue weighted by Crippen LogP contribution is 2.43. The lowest BCUT2D eigenvalue weighted by atomic mass is 9.97. The van der Waals surface area contributed by atoms with Gasteiger partial charge in [-0.1, -0.05) is 24.1 Å². The van der Waals surface area contributed by atoms with Crippen molar-refractivity contribution < 1.29 is 13.5 Å². The minimum Gasteiger partial charge on any atom is -0.435 e. The maximum atomic E-state index is 12.6. The Kier molecular flexibility index (Phi) is 4.20. The normalized spacial score (nSPS) is 27.5. The van der Waals surface area contributed by atoms with Crippen molar-refractivity contribution in [3.05, 3.63) is 70.3 Å². The van der Waals surface area contributed by atoms with Crippen molar-refractivity contribution >= 4 is 0 Å². The van der Waals surface area contributed by atoms with E-state index in [0.29, 0.717) is 12.3 Å². The van der Waals surface area contributed by atoms with E-state index < -0.39 is 6.61 Å². The molecule has 0 saturated heterocycles. The molecule has 4 aliphatic rings. The van der Waals surface area contributed by atoms with Crippen LogP contribution in [0.2, 0.25) is 0 Å². The predicted molar refractivity (Wildman–Crippen MR) is 96.4 cm³/mol. The number of alkyl halides is 2. The van der Waals surface area contributed by atoms with Crippen LogP contribution in [0.3, 0.4) is 0 Å². The minimum absolute atomic E-state index is 0.167. The first-order valence-electron chi connectivity index (χ1n) is 8.76. The molecule has 5 heteroatoms. The van der Waals surface area contributed by atoms with E-state index in [1.165, 1.54) is 12.8 Å². The molecule has 0 spiro atoms. The fraction of sp³-hybridized carbons (Fsp3) is 0.333. The van der Waals surface area contributed by atoms with Crippen LogP contribution < -0.4 is 5.73 Å². The zero-order chi connectivity index (χ0) is 18.3. The van der Waals surface area contributed by atoms with Crippen molar-refractivity contribution in [1.29, 1.82) is 0 Å². The van der Waals surface area contributed by atoms with E-state index in [4.69, 9.17) is 12.2 Å². The van der Waals surface area contributed by atoms with Gasteiger partial charge < -0.3 is 15.4 Å². The maximum Gasteiger partial charge on any atom is 0.387 e. The van der Waals surface area contributed by atoms with Gasteiger partial charge in [0, 0.05) is 12.2 Å². The molecule has 0 bridgehead atoms. The van der Waals surface area contributed by atoms with Crippen LogP contribution in [-0.2, 0) is 4.74 Å². The zero-order valence-electron chi connectivity index (χ0n) is 14.3. The fourth-order valence-electron chi connectivity index (χ4n) is 3.68. The van der Waals surface area contributed by atoms with Crippen LogP contribution >= 0.6 is 0 Å². The third-order valence-electron chi connectivity index (χ3n) is 5.08. The molecule has 3 aliphatic carbocycles. The number of fused-ring (bicyclic) bond motifs is 1. The van der Waals surface area contributed by atoms with Gasteiger partial charge in [0.1, 0.15) is 5.76 Å². The Labute approximate surface area is 151 Å². The molecule has 0 aromatic carbocycles. The average molecular weight is 354 g/mol. The minimum atomic E-state index is -2.84. The fourth-order valence-corrected chi connectivity index (χ4v) is 3.68. The summed E-state index contributed by atoms with van der Waals surface area (Å²) in [6, 6.07) is -0.167. The van der Waals surface area contributed by atoms with Gasteiger partial charge in [-0.2, -0.15) is 8.78 Å². The molecule has 3 nitrogen and oxygen atoms in total. The van der Waals surface area contributed by atoms with E-state index in [2.05, 4.69) is 15.6 Å². The van der Waals surface area contributed by atoms with Crippen LogP contribution in [0.4, 0.5) is 8.78 Å². The number of terminal acetylenes is 1. The summed E-state index contributed by atoms with van der Waals surface area (Å²) < 4.78 is 29.9. The third-order valence-corrected chi connectivity index (χ3v) is 5.08. The molecule has 0 aromatic heterocycles. The molecule has 1 atom stereocenters. The lowest BCUT2D eigenvalue weighted by molar-refractivity contribution is -0.0926. The summed E-state index contributed by atoms with van der Waals surface area (Å²) in [6.07, 6.45) is 19.9. The Morgan fingerprint density at radius 1 is 1.27 bits per heavy atom. The first-order valence-corrected chi connectivity index (χ1v) is 8.76. The first kappa shape index (κ1) is 16.7. The van der Waals surface area contributed by atoms with E-state index in [-0.39, 0.29) is 11.8 Å². The monoisotopic (exact) mass is 354 g/mol. The number of hydrogen-bond donors (Lipinski definition) is 1. The van der Waals surface area contributed by atoms with Crippen LogP contribution in [-0.4, -0.2) is 24.1 Å². The lowest BCUT2D eigenvalue weighted by Crippen LogP contribution is -2.33. The van der Waals surface area contributed by atoms with Crippen LogP contribution in [0.1, 0.15) is 19.3 Å². The van der Waals surface area contributed by atoms with Crippen LogP contribution in [0.25, 0.3) is 0 Å². The summed E-state index contributed by atoms with van der Waals surface area (Å²) in [7, 11) is 0. The average Bonchev–Trinajstić information content (AvgIpc) is 3.38. The van der Waals surface area contributed by atoms with Crippen LogP contribution in [0.15, 0.2) is 70.3 Å². The Hall–Kier alpha value is -2.74. The van der Waals surface area contributed by atoms with Gasteiger partial charge >= 0.3 is 6.61 Å². The van der Waals surface area contributed by atoms with Crippen molar-refractivity contribution in [3.8, 4) is 12.3 Å². The number of ether oxygens (including phenoxy) is 1. The summed E-state index contributed by atoms with van der Waals surface area (Å²) >= 11 is 0. The number of nitrogens with zero attached hydrogens (tertiary/aromatic N) is 1. The first-order chi connectivity index (χ1) is 12.6. The molecule has 1 fully saturated rings. The van der Waals surface area contributed by atoms with Gasteiger partial charge in [0.25, 0.3) is 0 Å². The maximum absolute atomic E-state index is 12.6. The smallest absolute Gasteiger partial charge is 0.387 e. The largest absolute Gasteiger partial charge is 0.435 e. The molecule has 0 amide bonds. The van der Waals surface area contributed by atoms with Crippen molar-refractivity contribution in [2.45, 2.75) is 31.9 Å². The number of nitrogens with two attached hydrogens (primary N) is 1. The van der Waals surface area contributed by atoms with Gasteiger partial charge in [-0.05, 0) is 54.6 Å². The summed E-state index contributed by atoms with van der Waals surface area (Å²) in [6.45, 7) is -1.98. The molecular formula is C21H20F2N2O. The molecule has 0 aromatic rings. The second-order valence-corrected chi connectivity index (χ2v) is 6.91. The van der Waals surface area contributed by atoms with Gasteiger partial charge in [-0.25, -0.2) is 0 Å². The highest BCUT2D eigenvalue weighted by atomic mass is 19.3. The Morgan fingerprint density at radius 2 is 2.08 bits per heavy atom. The highest BCUT2D eigenvalue weighted by Gasteiger charge is 2.39. The van der Waals surface area contributed by atoms with Crippen LogP contribution in [0.5, 0.6) is 0 Å². The standard InChI is InChI=1S/C21H20F2N2O/c1-2-17-18-10-9-16(26-21(22)23)11-19(18)25(12-13-3-4-13)20(17)14-5-7-15(24)8-6-14/h1,5,7-11,13,19,21H,3-4,6,12,24H2. The van der Waals surface area contributed by atoms with E-state index in [9.17, 15) is 8.78 Å². The van der Waals surface area contributed by atoms with Gasteiger partial charge in [-0.3, -0.25) is 0 Å². The second-order valence-electron chi connectivity index (χ2n) is 6.91. The summed E-state index contributed by atoms with van der Waals surface area (Å²) in [5.74, 6) is 3.63. The molecule has 0 radical (unpaired) electrons. The molecule has 4 rings (SSSR count). The van der Waals surface area contributed by atoms with E-state index in [0.717, 1.165) is 34.7 Å². The summed E-state index contributed by atoms with van der Waals surface area (Å²) in [5, 5.41) is 0. The number of hydrogen-bond acceptors (Lipinski definition) is 3. The Balaban J connectivity index is 1.77. The predicted octanol–water partition coefficient (Wildman–Crippen LogP) is 3.76.